The van der Waals surface area contributed by atoms with Crippen molar-refractivity contribution in [1.82, 2.24) is 4.90 Å². The highest BCUT2D eigenvalue weighted by Crippen LogP contribution is 2.30. The van der Waals surface area contributed by atoms with Crippen LogP contribution < -0.4 is 14.8 Å². The van der Waals surface area contributed by atoms with Crippen LogP contribution in [0.25, 0.3) is 0 Å². The molecule has 1 fully saturated rings. The summed E-state index contributed by atoms with van der Waals surface area (Å²) in [5.41, 5.74) is -0.0111. The summed E-state index contributed by atoms with van der Waals surface area (Å²) in [5, 5.41) is 2.83. The first kappa shape index (κ1) is 18.9. The molecule has 0 aromatic heterocycles. The topological polar surface area (TPSA) is 77.1 Å². The Kier molecular flexibility index (Phi) is 5.77. The van der Waals surface area contributed by atoms with E-state index in [0.29, 0.717) is 30.2 Å². The highest BCUT2D eigenvalue weighted by Gasteiger charge is 2.36. The number of carbonyl (C=O) groups is 2. The van der Waals surface area contributed by atoms with E-state index in [1.165, 1.54) is 12.0 Å². The van der Waals surface area contributed by atoms with Gasteiger partial charge in [0.05, 0.1) is 14.2 Å². The van der Waals surface area contributed by atoms with Gasteiger partial charge in [-0.3, -0.25) is 9.69 Å². The first-order valence-corrected chi connectivity index (χ1v) is 8.27. The number of rotatable bonds is 4. The van der Waals surface area contributed by atoms with Crippen LogP contribution in [0.1, 0.15) is 33.6 Å². The lowest BCUT2D eigenvalue weighted by molar-refractivity contribution is -0.120. The molecule has 1 saturated heterocycles. The number of carbonyl (C=O) groups excluding carboxylic acids is 2. The van der Waals surface area contributed by atoms with E-state index >= 15 is 0 Å². The van der Waals surface area contributed by atoms with Crippen molar-refractivity contribution in [2.75, 3.05) is 26.1 Å². The summed E-state index contributed by atoms with van der Waals surface area (Å²) in [6.45, 7) is 5.93. The van der Waals surface area contributed by atoms with Crippen LogP contribution in [0.5, 0.6) is 11.5 Å². The van der Waals surface area contributed by atoms with Crippen LogP contribution in [-0.2, 0) is 9.53 Å². The second-order valence-corrected chi connectivity index (χ2v) is 6.89. The number of ether oxygens (including phenoxy) is 3. The zero-order chi connectivity index (χ0) is 18.6. The minimum atomic E-state index is -0.593. The van der Waals surface area contributed by atoms with Gasteiger partial charge in [-0.1, -0.05) is 0 Å². The molecule has 25 heavy (non-hydrogen) atoms. The molecular formula is C18H26N2O5. The second-order valence-electron chi connectivity index (χ2n) is 6.89. The Morgan fingerprint density at radius 3 is 2.44 bits per heavy atom. The highest BCUT2D eigenvalue weighted by molar-refractivity contribution is 5.97. The van der Waals surface area contributed by atoms with Crippen molar-refractivity contribution in [2.24, 2.45) is 0 Å². The third kappa shape index (κ3) is 4.78. The van der Waals surface area contributed by atoms with Crippen LogP contribution in [0, 0.1) is 0 Å². The number of benzene rings is 1. The molecule has 7 heteroatoms. The number of amides is 2. The molecule has 1 aromatic carbocycles. The quantitative estimate of drug-likeness (QED) is 0.903. The Morgan fingerprint density at radius 1 is 1.16 bits per heavy atom. The summed E-state index contributed by atoms with van der Waals surface area (Å²) < 4.78 is 15.8. The molecular weight excluding hydrogens is 324 g/mol. The number of anilines is 1. The van der Waals surface area contributed by atoms with Gasteiger partial charge in [0.1, 0.15) is 11.6 Å². The molecule has 0 aliphatic carbocycles. The van der Waals surface area contributed by atoms with E-state index in [9.17, 15) is 9.59 Å². The summed E-state index contributed by atoms with van der Waals surface area (Å²) in [4.78, 5) is 26.4. The number of hydrogen-bond donors (Lipinski definition) is 1. The van der Waals surface area contributed by atoms with Gasteiger partial charge >= 0.3 is 6.09 Å². The van der Waals surface area contributed by atoms with Crippen molar-refractivity contribution in [3.8, 4) is 11.5 Å². The van der Waals surface area contributed by atoms with Gasteiger partial charge < -0.3 is 19.5 Å². The fraction of sp³-hybridized carbons (Fsp3) is 0.556. The van der Waals surface area contributed by atoms with Gasteiger partial charge in [-0.15, -0.1) is 0 Å². The molecule has 1 aliphatic heterocycles. The molecule has 1 unspecified atom stereocenters. The van der Waals surface area contributed by atoms with Crippen LogP contribution >= 0.6 is 0 Å². The van der Waals surface area contributed by atoms with Crippen molar-refractivity contribution in [3.05, 3.63) is 18.2 Å². The monoisotopic (exact) mass is 350 g/mol. The highest BCUT2D eigenvalue weighted by atomic mass is 16.6. The Balaban J connectivity index is 2.08. The van der Waals surface area contributed by atoms with Crippen molar-refractivity contribution >= 4 is 17.7 Å². The van der Waals surface area contributed by atoms with E-state index < -0.39 is 17.7 Å². The van der Waals surface area contributed by atoms with Gasteiger partial charge in [0.2, 0.25) is 5.91 Å². The maximum Gasteiger partial charge on any atom is 0.410 e. The van der Waals surface area contributed by atoms with E-state index in [2.05, 4.69) is 5.32 Å². The van der Waals surface area contributed by atoms with Crippen LogP contribution in [0.3, 0.4) is 0 Å². The average Bonchev–Trinajstić information content (AvgIpc) is 3.03. The minimum absolute atomic E-state index is 0.240. The summed E-state index contributed by atoms with van der Waals surface area (Å²) in [7, 11) is 3.08. The molecule has 2 amide bonds. The Bertz CT molecular complexity index is 639. The lowest BCUT2D eigenvalue weighted by Crippen LogP contribution is -2.45. The van der Waals surface area contributed by atoms with Gasteiger partial charge in [0.25, 0.3) is 0 Å². The van der Waals surface area contributed by atoms with Gasteiger partial charge in [0, 0.05) is 18.3 Å². The molecule has 1 atom stereocenters. The predicted molar refractivity (Wildman–Crippen MR) is 94.1 cm³/mol. The molecule has 1 aromatic rings. The molecule has 0 spiro atoms. The third-order valence-electron chi connectivity index (χ3n) is 3.83. The molecule has 0 saturated carbocycles. The maximum absolute atomic E-state index is 12.6. The van der Waals surface area contributed by atoms with E-state index in [4.69, 9.17) is 14.2 Å². The Hall–Kier alpha value is -2.44. The van der Waals surface area contributed by atoms with Crippen LogP contribution in [-0.4, -0.2) is 49.3 Å². The summed E-state index contributed by atoms with van der Waals surface area (Å²) in [6.07, 6.45) is 0.916. The minimum Gasteiger partial charge on any atom is -0.493 e. The van der Waals surface area contributed by atoms with Crippen molar-refractivity contribution in [1.29, 1.82) is 0 Å². The van der Waals surface area contributed by atoms with Crippen molar-refractivity contribution in [3.63, 3.8) is 0 Å². The van der Waals surface area contributed by atoms with Crippen molar-refractivity contribution in [2.45, 2.75) is 45.3 Å². The van der Waals surface area contributed by atoms with E-state index in [0.717, 1.165) is 6.42 Å². The summed E-state index contributed by atoms with van der Waals surface area (Å²) >= 11 is 0. The van der Waals surface area contributed by atoms with Gasteiger partial charge in [-0.05, 0) is 45.7 Å². The molecule has 1 aliphatic rings. The smallest absolute Gasteiger partial charge is 0.410 e. The average molecular weight is 350 g/mol. The number of hydrogen-bond acceptors (Lipinski definition) is 5. The van der Waals surface area contributed by atoms with E-state index in [1.807, 2.05) is 0 Å². The Labute approximate surface area is 148 Å². The SMILES string of the molecule is COc1ccc(NC(=O)C2CCCN2C(=O)OC(C)(C)C)cc1OC. The Morgan fingerprint density at radius 2 is 1.84 bits per heavy atom. The van der Waals surface area contributed by atoms with Gasteiger partial charge in [-0.25, -0.2) is 4.79 Å². The van der Waals surface area contributed by atoms with Gasteiger partial charge in [-0.2, -0.15) is 0 Å². The van der Waals surface area contributed by atoms with E-state index in [-0.39, 0.29) is 5.91 Å². The van der Waals surface area contributed by atoms with Crippen LogP contribution in [0.2, 0.25) is 0 Å². The molecule has 0 radical (unpaired) electrons. The van der Waals surface area contributed by atoms with Gasteiger partial charge in [0.15, 0.2) is 11.5 Å². The zero-order valence-electron chi connectivity index (χ0n) is 15.4. The molecule has 138 valence electrons. The normalized spacial score (nSPS) is 17.2. The number of nitrogens with zero attached hydrogens (tertiary/aromatic N) is 1. The lowest BCUT2D eigenvalue weighted by atomic mass is 10.2. The fourth-order valence-corrected chi connectivity index (χ4v) is 2.72. The summed E-state index contributed by atoms with van der Waals surface area (Å²) in [5.74, 6) is 0.864. The third-order valence-corrected chi connectivity index (χ3v) is 3.83. The largest absolute Gasteiger partial charge is 0.493 e. The lowest BCUT2D eigenvalue weighted by Gasteiger charge is -2.28. The van der Waals surface area contributed by atoms with Crippen molar-refractivity contribution < 1.29 is 23.8 Å². The zero-order valence-corrected chi connectivity index (χ0v) is 15.4. The second kappa shape index (κ2) is 7.63. The predicted octanol–water partition coefficient (Wildman–Crippen LogP) is 3.04. The molecule has 1 heterocycles. The number of nitrogens with one attached hydrogen (secondary N) is 1. The number of likely N-dealkylation sites (tertiary alicyclic amines) is 1. The molecule has 0 bridgehead atoms. The summed E-state index contributed by atoms with van der Waals surface area (Å²) in [6, 6.07) is 4.59. The first-order valence-electron chi connectivity index (χ1n) is 8.27. The molecule has 2 rings (SSSR count). The van der Waals surface area contributed by atoms with E-state index in [1.54, 1.807) is 46.1 Å². The fourth-order valence-electron chi connectivity index (χ4n) is 2.72. The molecule has 1 N–H and O–H groups in total. The maximum atomic E-state index is 12.6. The number of methoxy groups -OCH3 is 2. The van der Waals surface area contributed by atoms with Crippen LogP contribution in [0.4, 0.5) is 10.5 Å². The standard InChI is InChI=1S/C18H26N2O5/c1-18(2,3)25-17(22)20-10-6-7-13(20)16(21)19-12-8-9-14(23-4)15(11-12)24-5/h8-9,11,13H,6-7,10H2,1-5H3,(H,19,21). The first-order chi connectivity index (χ1) is 11.7. The van der Waals surface area contributed by atoms with Crippen LogP contribution in [0.15, 0.2) is 18.2 Å². The molecule has 7 nitrogen and oxygen atoms in total.